The van der Waals surface area contributed by atoms with Crippen LogP contribution in [0.1, 0.15) is 11.3 Å². The molecule has 0 saturated heterocycles. The summed E-state index contributed by atoms with van der Waals surface area (Å²) in [6, 6.07) is 16.7. The first-order valence-electron chi connectivity index (χ1n) is 8.14. The molecule has 0 spiro atoms. The summed E-state index contributed by atoms with van der Waals surface area (Å²) in [5.41, 5.74) is 3.34. The van der Waals surface area contributed by atoms with Crippen molar-refractivity contribution in [3.8, 4) is 11.4 Å². The minimum Gasteiger partial charge on any atom is -0.379 e. The van der Waals surface area contributed by atoms with Crippen LogP contribution in [-0.2, 0) is 6.54 Å². The van der Waals surface area contributed by atoms with Crippen molar-refractivity contribution in [1.82, 2.24) is 19.6 Å². The summed E-state index contributed by atoms with van der Waals surface area (Å²) < 4.78 is 1.27. The Morgan fingerprint density at radius 2 is 1.96 bits per heavy atom. The van der Waals surface area contributed by atoms with Crippen molar-refractivity contribution in [3.05, 3.63) is 81.2 Å². The summed E-state index contributed by atoms with van der Waals surface area (Å²) in [5.74, 6) is 0.922. The maximum Gasteiger partial charge on any atom is 0.275 e. The van der Waals surface area contributed by atoms with Crippen LogP contribution < -0.4 is 10.9 Å². The number of aryl methyl sites for hydroxylation is 1. The molecule has 0 unspecified atom stereocenters. The molecule has 7 heteroatoms. The molecule has 0 aliphatic heterocycles. The number of nitrogens with one attached hydrogen (secondary N) is 2. The van der Waals surface area contributed by atoms with Gasteiger partial charge in [0.15, 0.2) is 5.82 Å². The molecular weight excluding hydrogens is 350 g/mol. The molecule has 0 aliphatic rings. The number of hydrogen-bond donors (Lipinski definition) is 2. The Bertz CT molecular complexity index is 1130. The van der Waals surface area contributed by atoms with Gasteiger partial charge in [0.05, 0.1) is 6.54 Å². The zero-order valence-electron chi connectivity index (χ0n) is 14.0. The van der Waals surface area contributed by atoms with E-state index < -0.39 is 0 Å². The fourth-order valence-electron chi connectivity index (χ4n) is 2.72. The fourth-order valence-corrected chi connectivity index (χ4v) is 2.89. The van der Waals surface area contributed by atoms with Gasteiger partial charge < -0.3 is 10.3 Å². The van der Waals surface area contributed by atoms with E-state index in [0.29, 0.717) is 28.9 Å². The van der Waals surface area contributed by atoms with E-state index >= 15 is 0 Å². The summed E-state index contributed by atoms with van der Waals surface area (Å²) in [6.45, 7) is 2.44. The molecule has 2 N–H and O–H groups in total. The molecule has 0 aliphatic carbocycles. The van der Waals surface area contributed by atoms with E-state index in [2.05, 4.69) is 20.4 Å². The topological polar surface area (TPSA) is 75.1 Å². The zero-order valence-corrected chi connectivity index (χ0v) is 14.8. The highest BCUT2D eigenvalue weighted by Gasteiger charge is 2.10. The van der Waals surface area contributed by atoms with Crippen LogP contribution in [0.25, 0.3) is 17.2 Å². The SMILES string of the molecule is Cc1ccc(Cl)cc1NCc1cc(=O)n2nc(-c3ccccc3)nc2[nH]1. The lowest BCUT2D eigenvalue weighted by Crippen LogP contribution is -2.17. The lowest BCUT2D eigenvalue weighted by Gasteiger charge is -2.10. The molecule has 2 aromatic carbocycles. The van der Waals surface area contributed by atoms with Crippen LogP contribution in [0.2, 0.25) is 5.02 Å². The Balaban J connectivity index is 1.64. The number of rotatable bonds is 4. The molecule has 4 rings (SSSR count). The number of aromatic amines is 1. The second kappa shape index (κ2) is 6.65. The number of hydrogen-bond acceptors (Lipinski definition) is 4. The van der Waals surface area contributed by atoms with Crippen LogP contribution in [0.5, 0.6) is 0 Å². The van der Waals surface area contributed by atoms with Crippen LogP contribution in [0.3, 0.4) is 0 Å². The Kier molecular flexibility index (Phi) is 4.18. The molecule has 0 saturated carbocycles. The van der Waals surface area contributed by atoms with Gasteiger partial charge in [-0.15, -0.1) is 5.10 Å². The highest BCUT2D eigenvalue weighted by molar-refractivity contribution is 6.30. The molecule has 0 amide bonds. The molecule has 0 fully saturated rings. The maximum absolute atomic E-state index is 12.4. The molecule has 4 aromatic rings. The number of fused-ring (bicyclic) bond motifs is 1. The van der Waals surface area contributed by atoms with Crippen LogP contribution in [0, 0.1) is 6.92 Å². The van der Waals surface area contributed by atoms with Gasteiger partial charge in [-0.2, -0.15) is 9.50 Å². The first-order valence-corrected chi connectivity index (χ1v) is 8.52. The molecule has 6 nitrogen and oxygen atoms in total. The lowest BCUT2D eigenvalue weighted by molar-refractivity contribution is 0.878. The van der Waals surface area contributed by atoms with Crippen molar-refractivity contribution in [2.24, 2.45) is 0 Å². The third-order valence-electron chi connectivity index (χ3n) is 4.09. The van der Waals surface area contributed by atoms with Gasteiger partial charge in [-0.05, 0) is 24.6 Å². The minimum atomic E-state index is -0.229. The van der Waals surface area contributed by atoms with Gasteiger partial charge in [-0.1, -0.05) is 48.0 Å². The van der Waals surface area contributed by atoms with E-state index in [1.165, 1.54) is 10.6 Å². The summed E-state index contributed by atoms with van der Waals surface area (Å²) in [4.78, 5) is 20.0. The fraction of sp³-hybridized carbons (Fsp3) is 0.105. The Labute approximate surface area is 154 Å². The van der Waals surface area contributed by atoms with Crippen molar-refractivity contribution in [2.45, 2.75) is 13.5 Å². The minimum absolute atomic E-state index is 0.229. The van der Waals surface area contributed by atoms with Gasteiger partial charge in [0.2, 0.25) is 5.78 Å². The number of H-pyrrole nitrogens is 1. The molecule has 0 bridgehead atoms. The van der Waals surface area contributed by atoms with Crippen LogP contribution in [0.4, 0.5) is 5.69 Å². The van der Waals surface area contributed by atoms with Gasteiger partial charge in [0.1, 0.15) is 0 Å². The van der Waals surface area contributed by atoms with Crippen LogP contribution >= 0.6 is 11.6 Å². The van der Waals surface area contributed by atoms with E-state index in [1.807, 2.05) is 55.5 Å². The van der Waals surface area contributed by atoms with E-state index in [-0.39, 0.29) is 5.56 Å². The highest BCUT2D eigenvalue weighted by atomic mass is 35.5. The Morgan fingerprint density at radius 3 is 2.77 bits per heavy atom. The smallest absolute Gasteiger partial charge is 0.275 e. The third-order valence-corrected chi connectivity index (χ3v) is 4.32. The number of benzene rings is 2. The van der Waals surface area contributed by atoms with Crippen molar-refractivity contribution in [2.75, 3.05) is 5.32 Å². The van der Waals surface area contributed by atoms with E-state index in [1.54, 1.807) is 0 Å². The van der Waals surface area contributed by atoms with E-state index in [0.717, 1.165) is 16.8 Å². The molecular formula is C19H16ClN5O. The molecule has 0 radical (unpaired) electrons. The van der Waals surface area contributed by atoms with Crippen molar-refractivity contribution < 1.29 is 0 Å². The van der Waals surface area contributed by atoms with Crippen molar-refractivity contribution >= 4 is 23.1 Å². The summed E-state index contributed by atoms with van der Waals surface area (Å²) in [7, 11) is 0. The normalized spacial score (nSPS) is 11.0. The van der Waals surface area contributed by atoms with Gasteiger partial charge >= 0.3 is 0 Å². The average molecular weight is 366 g/mol. The number of halogens is 1. The number of aromatic nitrogens is 4. The predicted molar refractivity (Wildman–Crippen MR) is 103 cm³/mol. The standard InChI is InChI=1S/C19H16ClN5O/c1-12-7-8-14(20)9-16(12)21-11-15-10-17(26)25-19(22-15)23-18(24-25)13-5-3-2-4-6-13/h2-10,21H,11H2,1H3,(H,22,23,24). The van der Waals surface area contributed by atoms with E-state index in [9.17, 15) is 4.79 Å². The Morgan fingerprint density at radius 1 is 1.15 bits per heavy atom. The van der Waals surface area contributed by atoms with Gasteiger partial charge in [-0.3, -0.25) is 4.79 Å². The summed E-state index contributed by atoms with van der Waals surface area (Å²) in [6.07, 6.45) is 0. The first kappa shape index (κ1) is 16.4. The summed E-state index contributed by atoms with van der Waals surface area (Å²) >= 11 is 6.04. The largest absolute Gasteiger partial charge is 0.379 e. The van der Waals surface area contributed by atoms with Gasteiger partial charge in [0.25, 0.3) is 5.56 Å². The third kappa shape index (κ3) is 3.19. The van der Waals surface area contributed by atoms with E-state index in [4.69, 9.17) is 11.6 Å². The quantitative estimate of drug-likeness (QED) is 0.578. The van der Waals surface area contributed by atoms with Crippen LogP contribution in [0.15, 0.2) is 59.4 Å². The van der Waals surface area contributed by atoms with Gasteiger partial charge in [0, 0.05) is 28.0 Å². The summed E-state index contributed by atoms with van der Waals surface area (Å²) in [5, 5.41) is 8.24. The number of nitrogens with zero attached hydrogens (tertiary/aromatic N) is 3. The van der Waals surface area contributed by atoms with Crippen LogP contribution in [-0.4, -0.2) is 19.6 Å². The Hall–Kier alpha value is -3.12. The lowest BCUT2D eigenvalue weighted by atomic mass is 10.2. The second-order valence-electron chi connectivity index (χ2n) is 5.98. The molecule has 2 aromatic heterocycles. The average Bonchev–Trinajstić information content (AvgIpc) is 3.08. The predicted octanol–water partition coefficient (Wildman–Crippen LogP) is 3.66. The van der Waals surface area contributed by atoms with Crippen molar-refractivity contribution in [3.63, 3.8) is 0 Å². The maximum atomic E-state index is 12.4. The zero-order chi connectivity index (χ0) is 18.1. The highest BCUT2D eigenvalue weighted by Crippen LogP contribution is 2.20. The molecule has 26 heavy (non-hydrogen) atoms. The molecule has 2 heterocycles. The molecule has 0 atom stereocenters. The number of anilines is 1. The van der Waals surface area contributed by atoms with Gasteiger partial charge in [-0.25, -0.2) is 0 Å². The van der Waals surface area contributed by atoms with Crippen molar-refractivity contribution in [1.29, 1.82) is 0 Å². The second-order valence-corrected chi connectivity index (χ2v) is 6.42. The monoisotopic (exact) mass is 365 g/mol. The molecule has 130 valence electrons. The first-order chi connectivity index (χ1) is 12.6.